The predicted molar refractivity (Wildman–Crippen MR) is 114 cm³/mol. The quantitative estimate of drug-likeness (QED) is 0.385. The zero-order valence-corrected chi connectivity index (χ0v) is 18.3. The topological polar surface area (TPSA) is 48.9 Å². The Hall–Kier alpha value is -0.380. The van der Waals surface area contributed by atoms with Gasteiger partial charge in [0.2, 0.25) is 0 Å². The van der Waals surface area contributed by atoms with Crippen LogP contribution < -0.4 is 10.6 Å². The summed E-state index contributed by atoms with van der Waals surface area (Å²) >= 11 is 1.81. The summed E-state index contributed by atoms with van der Waals surface area (Å²) in [6, 6.07) is 5.03. The van der Waals surface area contributed by atoms with Crippen LogP contribution in [-0.4, -0.2) is 55.8 Å². The van der Waals surface area contributed by atoms with Crippen LogP contribution in [0.2, 0.25) is 0 Å². The van der Waals surface area contributed by atoms with Crippen molar-refractivity contribution < 1.29 is 4.74 Å². The van der Waals surface area contributed by atoms with Crippen molar-refractivity contribution in [1.29, 1.82) is 0 Å². The Bertz CT molecular complexity index is 481. The Morgan fingerprint density at radius 2 is 2.29 bits per heavy atom. The predicted octanol–water partition coefficient (Wildman–Crippen LogP) is 3.09. The maximum Gasteiger partial charge on any atom is 0.191 e. The number of ether oxygens (including phenoxy) is 1. The van der Waals surface area contributed by atoms with Gasteiger partial charge in [0, 0.05) is 30.6 Å². The van der Waals surface area contributed by atoms with Crippen LogP contribution in [0.1, 0.15) is 38.6 Å². The Labute approximate surface area is 167 Å². The molecule has 0 saturated carbocycles. The molecule has 2 N–H and O–H groups in total. The molecule has 2 rings (SSSR count). The van der Waals surface area contributed by atoms with Crippen molar-refractivity contribution in [2.45, 2.75) is 45.9 Å². The Morgan fingerprint density at radius 3 is 2.88 bits per heavy atom. The number of halogens is 1. The van der Waals surface area contributed by atoms with Crippen molar-refractivity contribution in [3.63, 3.8) is 0 Å². The number of rotatable bonds is 6. The van der Waals surface area contributed by atoms with Crippen molar-refractivity contribution >= 4 is 41.3 Å². The zero-order valence-electron chi connectivity index (χ0n) is 15.1. The van der Waals surface area contributed by atoms with Crippen LogP contribution in [0.5, 0.6) is 0 Å². The van der Waals surface area contributed by atoms with Gasteiger partial charge in [-0.05, 0) is 39.1 Å². The molecule has 0 aliphatic carbocycles. The summed E-state index contributed by atoms with van der Waals surface area (Å²) < 4.78 is 5.69. The number of hydrogen-bond donors (Lipinski definition) is 2. The van der Waals surface area contributed by atoms with Crippen LogP contribution >= 0.6 is 35.3 Å². The van der Waals surface area contributed by atoms with E-state index in [0.29, 0.717) is 12.1 Å². The fraction of sp³-hybridized carbons (Fsp3) is 0.706. The smallest absolute Gasteiger partial charge is 0.191 e. The number of nitrogens with zero attached hydrogens (tertiary/aromatic N) is 2. The SMILES string of the molecule is CCNC(=NCC(c1cccs1)N1CCOC(C)C1)NC(C)C.I. The van der Waals surface area contributed by atoms with E-state index < -0.39 is 0 Å². The summed E-state index contributed by atoms with van der Waals surface area (Å²) in [7, 11) is 0. The molecule has 0 bridgehead atoms. The largest absolute Gasteiger partial charge is 0.376 e. The summed E-state index contributed by atoms with van der Waals surface area (Å²) in [4.78, 5) is 8.71. The van der Waals surface area contributed by atoms with Crippen LogP contribution in [0.4, 0.5) is 0 Å². The standard InChI is InChI=1S/C17H30N4OS.HI/c1-5-18-17(20-13(2)3)19-11-15(16-7-6-10-23-16)21-8-9-22-14(4)12-21;/h6-7,10,13-15H,5,8-9,11-12H2,1-4H3,(H2,18,19,20);1H. The molecule has 5 nitrogen and oxygen atoms in total. The van der Waals surface area contributed by atoms with Crippen molar-refractivity contribution in [1.82, 2.24) is 15.5 Å². The highest BCUT2D eigenvalue weighted by Gasteiger charge is 2.26. The number of hydrogen-bond acceptors (Lipinski definition) is 4. The lowest BCUT2D eigenvalue weighted by Crippen LogP contribution is -2.45. The summed E-state index contributed by atoms with van der Waals surface area (Å²) in [5, 5.41) is 8.86. The van der Waals surface area contributed by atoms with Crippen molar-refractivity contribution in [2.24, 2.45) is 4.99 Å². The maximum absolute atomic E-state index is 5.69. The van der Waals surface area contributed by atoms with Gasteiger partial charge >= 0.3 is 0 Å². The van der Waals surface area contributed by atoms with Crippen molar-refractivity contribution in [2.75, 3.05) is 32.8 Å². The van der Waals surface area contributed by atoms with Crippen LogP contribution in [0.15, 0.2) is 22.5 Å². The number of guanidine groups is 1. The van der Waals surface area contributed by atoms with Crippen molar-refractivity contribution in [3.05, 3.63) is 22.4 Å². The highest BCUT2D eigenvalue weighted by atomic mass is 127. The average Bonchev–Trinajstić information content (AvgIpc) is 3.01. The van der Waals surface area contributed by atoms with E-state index in [1.807, 2.05) is 11.3 Å². The van der Waals surface area contributed by atoms with Gasteiger partial charge in [0.05, 0.1) is 25.3 Å². The third-order valence-electron chi connectivity index (χ3n) is 3.78. The minimum atomic E-state index is 0. The first kappa shape index (κ1) is 21.7. The lowest BCUT2D eigenvalue weighted by atomic mass is 10.1. The van der Waals surface area contributed by atoms with Gasteiger partial charge in [-0.2, -0.15) is 0 Å². The molecule has 2 atom stereocenters. The number of aliphatic imine (C=N–C) groups is 1. The molecule has 1 fully saturated rings. The second-order valence-electron chi connectivity index (χ2n) is 6.23. The Kier molecular flexibility index (Phi) is 10.2. The molecule has 0 aromatic carbocycles. The van der Waals surface area contributed by atoms with Gasteiger partial charge < -0.3 is 15.4 Å². The first-order valence-corrected chi connectivity index (χ1v) is 9.42. The highest BCUT2D eigenvalue weighted by Crippen LogP contribution is 2.27. The first-order valence-electron chi connectivity index (χ1n) is 8.54. The maximum atomic E-state index is 5.69. The first-order chi connectivity index (χ1) is 11.1. The van der Waals surface area contributed by atoms with E-state index in [0.717, 1.165) is 38.7 Å². The van der Waals surface area contributed by atoms with E-state index in [-0.39, 0.29) is 30.1 Å². The van der Waals surface area contributed by atoms with Crippen LogP contribution in [0.3, 0.4) is 0 Å². The fourth-order valence-electron chi connectivity index (χ4n) is 2.77. The van der Waals surface area contributed by atoms with Gasteiger partial charge in [0.1, 0.15) is 0 Å². The average molecular weight is 466 g/mol. The van der Waals surface area contributed by atoms with Gasteiger partial charge in [0.25, 0.3) is 0 Å². The molecule has 0 amide bonds. The van der Waals surface area contributed by atoms with E-state index in [1.54, 1.807) is 0 Å². The van der Waals surface area contributed by atoms with Gasteiger partial charge in [-0.1, -0.05) is 6.07 Å². The molecule has 24 heavy (non-hydrogen) atoms. The molecular weight excluding hydrogens is 435 g/mol. The summed E-state index contributed by atoms with van der Waals surface area (Å²) in [5.74, 6) is 0.894. The van der Waals surface area contributed by atoms with Crippen LogP contribution in [0, 0.1) is 0 Å². The molecule has 7 heteroatoms. The van der Waals surface area contributed by atoms with E-state index in [1.165, 1.54) is 4.88 Å². The number of nitrogens with one attached hydrogen (secondary N) is 2. The normalized spacial score (nSPS) is 20.5. The summed E-state index contributed by atoms with van der Waals surface area (Å²) in [5.41, 5.74) is 0. The second kappa shape index (κ2) is 11.3. The van der Waals surface area contributed by atoms with Gasteiger partial charge in [-0.15, -0.1) is 35.3 Å². The minimum Gasteiger partial charge on any atom is -0.376 e. The molecular formula is C17H31IN4OS. The highest BCUT2D eigenvalue weighted by molar-refractivity contribution is 14.0. The van der Waals surface area contributed by atoms with Crippen molar-refractivity contribution in [3.8, 4) is 0 Å². The molecule has 2 heterocycles. The zero-order chi connectivity index (χ0) is 16.7. The van der Waals surface area contributed by atoms with Crippen LogP contribution in [-0.2, 0) is 4.74 Å². The van der Waals surface area contributed by atoms with Gasteiger partial charge in [-0.25, -0.2) is 0 Å². The van der Waals surface area contributed by atoms with Crippen LogP contribution in [0.25, 0.3) is 0 Å². The Morgan fingerprint density at radius 1 is 1.50 bits per heavy atom. The summed E-state index contributed by atoms with van der Waals surface area (Å²) in [6.45, 7) is 12.9. The second-order valence-corrected chi connectivity index (χ2v) is 7.21. The third-order valence-corrected chi connectivity index (χ3v) is 4.75. The monoisotopic (exact) mass is 466 g/mol. The number of thiophene rings is 1. The molecule has 1 aromatic heterocycles. The summed E-state index contributed by atoms with van der Waals surface area (Å²) in [6.07, 6.45) is 0.289. The fourth-order valence-corrected chi connectivity index (χ4v) is 3.62. The van der Waals surface area contributed by atoms with E-state index in [9.17, 15) is 0 Å². The van der Waals surface area contributed by atoms with Gasteiger partial charge in [-0.3, -0.25) is 9.89 Å². The third kappa shape index (κ3) is 6.85. The molecule has 1 aromatic rings. The Balaban J connectivity index is 0.00000288. The molecule has 138 valence electrons. The number of morpholine rings is 1. The van der Waals surface area contributed by atoms with E-state index >= 15 is 0 Å². The lowest BCUT2D eigenvalue weighted by molar-refractivity contribution is -0.0327. The van der Waals surface area contributed by atoms with E-state index in [4.69, 9.17) is 9.73 Å². The molecule has 0 radical (unpaired) electrons. The lowest BCUT2D eigenvalue weighted by Gasteiger charge is -2.36. The molecule has 2 unspecified atom stereocenters. The molecule has 1 aliphatic rings. The molecule has 0 spiro atoms. The molecule has 1 saturated heterocycles. The molecule has 1 aliphatic heterocycles. The minimum absolute atomic E-state index is 0. The van der Waals surface area contributed by atoms with Gasteiger partial charge in [0.15, 0.2) is 5.96 Å². The van der Waals surface area contributed by atoms with E-state index in [2.05, 4.69) is 60.7 Å².